The van der Waals surface area contributed by atoms with Crippen LogP contribution in [0.25, 0.3) is 0 Å². The molecule has 1 aromatic carbocycles. The number of nitro groups is 1. The minimum absolute atomic E-state index is 0.0409. The fourth-order valence-corrected chi connectivity index (χ4v) is 2.90. The first-order valence-corrected chi connectivity index (χ1v) is 8.57. The molecule has 0 radical (unpaired) electrons. The van der Waals surface area contributed by atoms with Gasteiger partial charge in [0.2, 0.25) is 0 Å². The third kappa shape index (κ3) is 4.59. The Morgan fingerprint density at radius 1 is 1.37 bits per heavy atom. The van der Waals surface area contributed by atoms with Crippen LogP contribution in [0.15, 0.2) is 29.6 Å². The second-order valence-electron chi connectivity index (χ2n) is 5.67. The number of esters is 1. The average molecular weight is 388 g/mol. The zero-order valence-electron chi connectivity index (χ0n) is 14.8. The summed E-state index contributed by atoms with van der Waals surface area (Å²) in [6.45, 7) is 1.37. The van der Waals surface area contributed by atoms with Crippen LogP contribution in [-0.2, 0) is 9.53 Å². The highest BCUT2D eigenvalue weighted by molar-refractivity contribution is 7.14. The van der Waals surface area contributed by atoms with E-state index in [9.17, 15) is 19.7 Å². The van der Waals surface area contributed by atoms with E-state index in [-0.39, 0.29) is 11.3 Å². The number of anilines is 2. The second kappa shape index (κ2) is 8.29. The standard InChI is InChI=1S/C17H16N4O5S/c1-10(15(22)19-16-12(9-18)6-7-27-16)26-17(23)11-4-5-13(20(2)3)14(8-11)21(24)25/h4-8,10H,1-3H3,(H,19,22)/t10-/m0/s1. The van der Waals surface area contributed by atoms with Gasteiger partial charge in [-0.3, -0.25) is 14.9 Å². The third-order valence-corrected chi connectivity index (χ3v) is 4.39. The predicted octanol–water partition coefficient (Wildman–Crippen LogP) is 2.78. The number of carbonyl (C=O) groups is 2. The number of thiophene rings is 1. The third-order valence-electron chi connectivity index (χ3n) is 3.57. The summed E-state index contributed by atoms with van der Waals surface area (Å²) in [6, 6.07) is 7.43. The Morgan fingerprint density at radius 2 is 2.07 bits per heavy atom. The fourth-order valence-electron chi connectivity index (χ4n) is 2.16. The fraction of sp³-hybridized carbons (Fsp3) is 0.235. The smallest absolute Gasteiger partial charge is 0.339 e. The van der Waals surface area contributed by atoms with Crippen molar-refractivity contribution in [1.29, 1.82) is 5.26 Å². The van der Waals surface area contributed by atoms with Crippen molar-refractivity contribution in [2.45, 2.75) is 13.0 Å². The molecule has 2 rings (SSSR count). The molecule has 1 N–H and O–H groups in total. The number of nitro benzene ring substituents is 1. The lowest BCUT2D eigenvalue weighted by molar-refractivity contribution is -0.384. The predicted molar refractivity (Wildman–Crippen MR) is 100.0 cm³/mol. The van der Waals surface area contributed by atoms with Gasteiger partial charge in [0, 0.05) is 20.2 Å². The van der Waals surface area contributed by atoms with E-state index in [0.717, 1.165) is 6.07 Å². The van der Waals surface area contributed by atoms with Gasteiger partial charge < -0.3 is 15.0 Å². The SMILES string of the molecule is C[C@H](OC(=O)c1ccc(N(C)C)c([N+](=O)[O-])c1)C(=O)Nc1sccc1C#N. The number of nitrogens with zero attached hydrogens (tertiary/aromatic N) is 3. The lowest BCUT2D eigenvalue weighted by atomic mass is 10.1. The quantitative estimate of drug-likeness (QED) is 0.458. The average Bonchev–Trinajstić information content (AvgIpc) is 3.07. The van der Waals surface area contributed by atoms with Crippen molar-refractivity contribution in [3.8, 4) is 6.07 Å². The summed E-state index contributed by atoms with van der Waals surface area (Å²) in [6.07, 6.45) is -1.15. The summed E-state index contributed by atoms with van der Waals surface area (Å²) in [4.78, 5) is 36.6. The second-order valence-corrected chi connectivity index (χ2v) is 6.58. The number of hydrogen-bond donors (Lipinski definition) is 1. The van der Waals surface area contributed by atoms with E-state index in [0.29, 0.717) is 16.3 Å². The highest BCUT2D eigenvalue weighted by Gasteiger charge is 2.23. The van der Waals surface area contributed by atoms with Crippen LogP contribution in [0, 0.1) is 21.4 Å². The maximum Gasteiger partial charge on any atom is 0.339 e. The van der Waals surface area contributed by atoms with Crippen molar-refractivity contribution in [1.82, 2.24) is 0 Å². The van der Waals surface area contributed by atoms with E-state index in [2.05, 4.69) is 5.32 Å². The van der Waals surface area contributed by atoms with Gasteiger partial charge in [-0.25, -0.2) is 4.79 Å². The van der Waals surface area contributed by atoms with Crippen molar-refractivity contribution in [3.63, 3.8) is 0 Å². The van der Waals surface area contributed by atoms with Gasteiger partial charge in [-0.1, -0.05) is 0 Å². The molecule has 0 aliphatic carbocycles. The van der Waals surface area contributed by atoms with E-state index in [4.69, 9.17) is 10.00 Å². The number of ether oxygens (including phenoxy) is 1. The van der Waals surface area contributed by atoms with Gasteiger partial charge in [0.15, 0.2) is 6.10 Å². The van der Waals surface area contributed by atoms with E-state index in [1.54, 1.807) is 30.4 Å². The van der Waals surface area contributed by atoms with Crippen molar-refractivity contribution < 1.29 is 19.2 Å². The molecule has 0 fully saturated rings. The van der Waals surface area contributed by atoms with Gasteiger partial charge in [0.05, 0.1) is 16.1 Å². The van der Waals surface area contributed by atoms with Gasteiger partial charge in [-0.2, -0.15) is 5.26 Å². The Bertz CT molecular complexity index is 932. The molecule has 0 saturated heterocycles. The van der Waals surface area contributed by atoms with E-state index in [1.165, 1.54) is 30.4 Å². The lowest BCUT2D eigenvalue weighted by Crippen LogP contribution is -2.30. The molecule has 9 nitrogen and oxygen atoms in total. The van der Waals surface area contributed by atoms with Gasteiger partial charge in [-0.05, 0) is 30.5 Å². The number of nitriles is 1. The van der Waals surface area contributed by atoms with Crippen molar-refractivity contribution in [2.75, 3.05) is 24.3 Å². The van der Waals surface area contributed by atoms with Gasteiger partial charge in [0.25, 0.3) is 11.6 Å². The first kappa shape index (κ1) is 19.9. The van der Waals surface area contributed by atoms with Crippen LogP contribution in [0.1, 0.15) is 22.8 Å². The molecule has 0 spiro atoms. The van der Waals surface area contributed by atoms with Crippen LogP contribution in [0.4, 0.5) is 16.4 Å². The van der Waals surface area contributed by atoms with Crippen LogP contribution in [0.3, 0.4) is 0 Å². The molecule has 10 heteroatoms. The Hall–Kier alpha value is -3.45. The van der Waals surface area contributed by atoms with E-state index >= 15 is 0 Å². The Labute approximate surface area is 158 Å². The van der Waals surface area contributed by atoms with E-state index < -0.39 is 22.9 Å². The molecule has 1 atom stereocenters. The molecule has 0 aliphatic rings. The highest BCUT2D eigenvalue weighted by atomic mass is 32.1. The zero-order chi connectivity index (χ0) is 20.1. The van der Waals surface area contributed by atoms with E-state index in [1.807, 2.05) is 6.07 Å². The molecule has 140 valence electrons. The van der Waals surface area contributed by atoms with Crippen LogP contribution in [0.2, 0.25) is 0 Å². The minimum Gasteiger partial charge on any atom is -0.449 e. The van der Waals surface area contributed by atoms with Gasteiger partial charge >= 0.3 is 5.97 Å². The van der Waals surface area contributed by atoms with Crippen LogP contribution in [0.5, 0.6) is 0 Å². The maximum absolute atomic E-state index is 12.3. The maximum atomic E-state index is 12.3. The molecule has 27 heavy (non-hydrogen) atoms. The lowest BCUT2D eigenvalue weighted by Gasteiger charge is -2.15. The number of rotatable bonds is 6. The van der Waals surface area contributed by atoms with Crippen LogP contribution < -0.4 is 10.2 Å². The topological polar surface area (TPSA) is 126 Å². The summed E-state index contributed by atoms with van der Waals surface area (Å²) in [5.41, 5.74) is 0.357. The Kier molecular flexibility index (Phi) is 6.10. The monoisotopic (exact) mass is 388 g/mol. The molecule has 2 aromatic rings. The molecule has 1 amide bonds. The first-order valence-electron chi connectivity index (χ1n) is 7.69. The molecule has 0 unspecified atom stereocenters. The summed E-state index contributed by atoms with van der Waals surface area (Å²) in [7, 11) is 3.29. The molecule has 0 bridgehead atoms. The Balaban J connectivity index is 2.12. The molecule has 0 saturated carbocycles. The highest BCUT2D eigenvalue weighted by Crippen LogP contribution is 2.28. The zero-order valence-corrected chi connectivity index (χ0v) is 15.6. The Morgan fingerprint density at radius 3 is 2.67 bits per heavy atom. The summed E-state index contributed by atoms with van der Waals surface area (Å²) in [5.74, 6) is -1.47. The van der Waals surface area contributed by atoms with Gasteiger partial charge in [-0.15, -0.1) is 11.3 Å². The van der Waals surface area contributed by atoms with Crippen LogP contribution >= 0.6 is 11.3 Å². The molecule has 1 aromatic heterocycles. The van der Waals surface area contributed by atoms with Gasteiger partial charge in [0.1, 0.15) is 16.8 Å². The number of amides is 1. The molecule has 0 aliphatic heterocycles. The summed E-state index contributed by atoms with van der Waals surface area (Å²) in [5, 5.41) is 24.7. The largest absolute Gasteiger partial charge is 0.449 e. The normalized spacial score (nSPS) is 11.2. The van der Waals surface area contributed by atoms with Crippen molar-refractivity contribution in [2.24, 2.45) is 0 Å². The summed E-state index contributed by atoms with van der Waals surface area (Å²) >= 11 is 1.17. The van der Waals surface area contributed by atoms with Crippen LogP contribution in [-0.4, -0.2) is 37.0 Å². The van der Waals surface area contributed by atoms with Crippen molar-refractivity contribution in [3.05, 3.63) is 50.9 Å². The molecular weight excluding hydrogens is 372 g/mol. The number of carbonyl (C=O) groups excluding carboxylic acids is 2. The number of hydrogen-bond acceptors (Lipinski definition) is 8. The number of benzene rings is 1. The minimum atomic E-state index is -1.15. The molecule has 1 heterocycles. The molecular formula is C17H16N4O5S. The summed E-state index contributed by atoms with van der Waals surface area (Å²) < 4.78 is 5.09. The first-order chi connectivity index (χ1) is 12.7. The number of nitrogens with one attached hydrogen (secondary N) is 1. The van der Waals surface area contributed by atoms with Crippen molar-refractivity contribution >= 4 is 39.6 Å².